The van der Waals surface area contributed by atoms with Gasteiger partial charge >= 0.3 is 0 Å². The predicted octanol–water partition coefficient (Wildman–Crippen LogP) is 2.71. The molecule has 3 nitrogen and oxygen atoms in total. The molecule has 1 N–H and O–H groups in total. The topological polar surface area (TPSA) is 33.6 Å². The lowest BCUT2D eigenvalue weighted by atomic mass is 10.1. The first-order chi connectivity index (χ1) is 7.24. The van der Waals surface area contributed by atoms with Crippen molar-refractivity contribution < 1.29 is 0 Å². The molecule has 0 aliphatic rings. The number of nitrogens with zero attached hydrogens (tertiary/aromatic N) is 2. The van der Waals surface area contributed by atoms with Crippen molar-refractivity contribution >= 4 is 12.2 Å². The molecule has 0 bridgehead atoms. The van der Waals surface area contributed by atoms with Gasteiger partial charge < -0.3 is 4.57 Å². The van der Waals surface area contributed by atoms with E-state index in [1.54, 1.807) is 0 Å². The molecule has 4 heteroatoms. The number of hydrogen-bond acceptors (Lipinski definition) is 2. The van der Waals surface area contributed by atoms with Crippen LogP contribution in [0.15, 0.2) is 24.3 Å². The summed E-state index contributed by atoms with van der Waals surface area (Å²) in [5, 5.41) is 7.04. The Balaban J connectivity index is 2.63. The van der Waals surface area contributed by atoms with E-state index in [0.29, 0.717) is 4.77 Å². The first kappa shape index (κ1) is 10.1. The van der Waals surface area contributed by atoms with Crippen LogP contribution in [-0.2, 0) is 13.5 Å². The number of nitrogens with one attached hydrogen (secondary N) is 1. The van der Waals surface area contributed by atoms with Crippen molar-refractivity contribution in [3.05, 3.63) is 34.6 Å². The molecule has 0 saturated carbocycles. The number of aryl methyl sites for hydroxylation is 1. The summed E-state index contributed by atoms with van der Waals surface area (Å²) in [5.74, 6) is 0.900. The van der Waals surface area contributed by atoms with E-state index >= 15 is 0 Å². The standard InChI is InChI=1S/C11H13N3S/c1-3-8-6-4-5-7-9(8)10-12-13-11(15)14(10)2/h4-7H,3H2,1-2H3,(H,13,15). The van der Waals surface area contributed by atoms with Gasteiger partial charge in [0.25, 0.3) is 0 Å². The summed E-state index contributed by atoms with van der Waals surface area (Å²) in [6, 6.07) is 8.26. The lowest BCUT2D eigenvalue weighted by Gasteiger charge is -2.05. The zero-order chi connectivity index (χ0) is 10.8. The third kappa shape index (κ3) is 1.72. The van der Waals surface area contributed by atoms with E-state index in [-0.39, 0.29) is 0 Å². The molecule has 1 aromatic heterocycles. The fourth-order valence-electron chi connectivity index (χ4n) is 1.63. The molecule has 0 amide bonds. The van der Waals surface area contributed by atoms with Crippen LogP contribution in [0.5, 0.6) is 0 Å². The summed E-state index contributed by atoms with van der Waals surface area (Å²) < 4.78 is 2.54. The van der Waals surface area contributed by atoms with Gasteiger partial charge in [0, 0.05) is 12.6 Å². The minimum absolute atomic E-state index is 0.649. The van der Waals surface area contributed by atoms with E-state index in [4.69, 9.17) is 12.2 Å². The normalized spacial score (nSPS) is 10.5. The molecule has 15 heavy (non-hydrogen) atoms. The van der Waals surface area contributed by atoms with Crippen LogP contribution in [0.2, 0.25) is 0 Å². The van der Waals surface area contributed by atoms with Crippen LogP contribution < -0.4 is 0 Å². The van der Waals surface area contributed by atoms with Gasteiger partial charge in [0.05, 0.1) is 0 Å². The van der Waals surface area contributed by atoms with Crippen LogP contribution in [0.3, 0.4) is 0 Å². The van der Waals surface area contributed by atoms with Crippen LogP contribution in [0, 0.1) is 4.77 Å². The number of benzene rings is 1. The van der Waals surface area contributed by atoms with E-state index in [9.17, 15) is 0 Å². The van der Waals surface area contributed by atoms with Gasteiger partial charge in [-0.15, -0.1) is 0 Å². The molecule has 0 fully saturated rings. The van der Waals surface area contributed by atoms with E-state index in [0.717, 1.165) is 17.8 Å². The molecule has 0 unspecified atom stereocenters. The van der Waals surface area contributed by atoms with E-state index < -0.39 is 0 Å². The van der Waals surface area contributed by atoms with Gasteiger partial charge in [-0.2, -0.15) is 5.10 Å². The van der Waals surface area contributed by atoms with Crippen molar-refractivity contribution in [1.82, 2.24) is 14.8 Å². The predicted molar refractivity (Wildman–Crippen MR) is 63.2 cm³/mol. The van der Waals surface area contributed by atoms with Gasteiger partial charge in [0.2, 0.25) is 0 Å². The Kier molecular flexibility index (Phi) is 2.68. The first-order valence-electron chi connectivity index (χ1n) is 4.93. The van der Waals surface area contributed by atoms with Crippen LogP contribution in [0.25, 0.3) is 11.4 Å². The molecule has 2 rings (SSSR count). The number of hydrogen-bond donors (Lipinski definition) is 1. The Labute approximate surface area is 93.8 Å². The Hall–Kier alpha value is -1.42. The Morgan fingerprint density at radius 2 is 2.13 bits per heavy atom. The number of aromatic amines is 1. The van der Waals surface area contributed by atoms with E-state index in [1.165, 1.54) is 5.56 Å². The molecule has 1 heterocycles. The highest BCUT2D eigenvalue weighted by Gasteiger charge is 2.08. The average Bonchev–Trinajstić information content (AvgIpc) is 2.60. The Morgan fingerprint density at radius 1 is 1.40 bits per heavy atom. The van der Waals surface area contributed by atoms with Crippen molar-refractivity contribution in [3.63, 3.8) is 0 Å². The Morgan fingerprint density at radius 3 is 2.73 bits per heavy atom. The summed E-state index contributed by atoms with van der Waals surface area (Å²) in [6.07, 6.45) is 0.996. The molecule has 0 spiro atoms. The molecular weight excluding hydrogens is 206 g/mol. The van der Waals surface area contributed by atoms with Crippen molar-refractivity contribution in [2.75, 3.05) is 0 Å². The minimum Gasteiger partial charge on any atom is -0.303 e. The fraction of sp³-hybridized carbons (Fsp3) is 0.273. The number of rotatable bonds is 2. The van der Waals surface area contributed by atoms with Gasteiger partial charge in [0.1, 0.15) is 0 Å². The van der Waals surface area contributed by atoms with Gasteiger partial charge in [-0.1, -0.05) is 31.2 Å². The maximum absolute atomic E-state index is 5.10. The van der Waals surface area contributed by atoms with Crippen LogP contribution in [0.1, 0.15) is 12.5 Å². The summed E-state index contributed by atoms with van der Waals surface area (Å²) in [7, 11) is 1.92. The first-order valence-corrected chi connectivity index (χ1v) is 5.34. The van der Waals surface area contributed by atoms with Crippen LogP contribution in [0.4, 0.5) is 0 Å². The summed E-state index contributed by atoms with van der Waals surface area (Å²) in [4.78, 5) is 0. The van der Waals surface area contributed by atoms with Gasteiger partial charge in [-0.25, -0.2) is 0 Å². The van der Waals surface area contributed by atoms with Crippen LogP contribution >= 0.6 is 12.2 Å². The average molecular weight is 219 g/mol. The molecule has 0 aliphatic heterocycles. The monoisotopic (exact) mass is 219 g/mol. The quantitative estimate of drug-likeness (QED) is 0.788. The maximum atomic E-state index is 5.10. The molecular formula is C11H13N3S. The highest BCUT2D eigenvalue weighted by Crippen LogP contribution is 2.21. The largest absolute Gasteiger partial charge is 0.303 e. The van der Waals surface area contributed by atoms with Gasteiger partial charge in [-0.05, 0) is 24.2 Å². The van der Waals surface area contributed by atoms with Crippen molar-refractivity contribution in [2.24, 2.45) is 7.05 Å². The molecule has 1 aromatic carbocycles. The molecule has 0 radical (unpaired) electrons. The van der Waals surface area contributed by atoms with Crippen molar-refractivity contribution in [2.45, 2.75) is 13.3 Å². The zero-order valence-electron chi connectivity index (χ0n) is 8.82. The molecule has 0 atom stereocenters. The lowest BCUT2D eigenvalue weighted by Crippen LogP contribution is -1.95. The van der Waals surface area contributed by atoms with Crippen molar-refractivity contribution in [3.8, 4) is 11.4 Å². The van der Waals surface area contributed by atoms with E-state index in [1.807, 2.05) is 23.7 Å². The van der Waals surface area contributed by atoms with E-state index in [2.05, 4.69) is 29.3 Å². The fourth-order valence-corrected chi connectivity index (χ4v) is 1.77. The second-order valence-electron chi connectivity index (χ2n) is 3.42. The Bertz CT molecular complexity index is 525. The number of H-pyrrole nitrogens is 1. The van der Waals surface area contributed by atoms with Gasteiger partial charge in [-0.3, -0.25) is 5.10 Å². The summed E-state index contributed by atoms with van der Waals surface area (Å²) in [5.41, 5.74) is 2.43. The SMILES string of the molecule is CCc1ccccc1-c1n[nH]c(=S)n1C. The smallest absolute Gasteiger partial charge is 0.195 e. The minimum atomic E-state index is 0.649. The molecule has 0 aliphatic carbocycles. The third-order valence-corrected chi connectivity index (χ3v) is 2.88. The highest BCUT2D eigenvalue weighted by atomic mass is 32.1. The molecule has 2 aromatic rings. The summed E-state index contributed by atoms with van der Waals surface area (Å²) in [6.45, 7) is 2.14. The summed E-state index contributed by atoms with van der Waals surface area (Å²) >= 11 is 5.10. The second kappa shape index (κ2) is 3.98. The lowest BCUT2D eigenvalue weighted by molar-refractivity contribution is 0.899. The van der Waals surface area contributed by atoms with Crippen molar-refractivity contribution in [1.29, 1.82) is 0 Å². The third-order valence-electron chi connectivity index (χ3n) is 2.52. The maximum Gasteiger partial charge on any atom is 0.195 e. The molecule has 78 valence electrons. The van der Waals surface area contributed by atoms with Crippen LogP contribution in [-0.4, -0.2) is 14.8 Å². The number of aromatic nitrogens is 3. The second-order valence-corrected chi connectivity index (χ2v) is 3.81. The van der Waals surface area contributed by atoms with Gasteiger partial charge in [0.15, 0.2) is 10.6 Å². The zero-order valence-corrected chi connectivity index (χ0v) is 9.64. The molecule has 0 saturated heterocycles. The highest BCUT2D eigenvalue weighted by molar-refractivity contribution is 7.71.